The minimum atomic E-state index is 0.564. The molecule has 0 amide bonds. The fourth-order valence-corrected chi connectivity index (χ4v) is 4.85. The van der Waals surface area contributed by atoms with Crippen molar-refractivity contribution in [1.82, 2.24) is 9.55 Å². The number of aromatic nitrogens is 2. The normalized spacial score (nSPS) is 11.5. The van der Waals surface area contributed by atoms with E-state index in [-0.39, 0.29) is 0 Å². The molecule has 0 saturated heterocycles. The van der Waals surface area contributed by atoms with Crippen LogP contribution in [0.4, 0.5) is 0 Å². The molecule has 4 rings (SSSR count). The van der Waals surface area contributed by atoms with Gasteiger partial charge >= 0.3 is 0 Å². The molecule has 4 aromatic rings. The molecule has 2 nitrogen and oxygen atoms in total. The first-order chi connectivity index (χ1) is 15.8. The monoisotopic (exact) mass is 436 g/mol. The minimum Gasteiger partial charge on any atom is -0.299 e. The Labute approximate surface area is 199 Å². The number of aryl methyl sites for hydroxylation is 2. The first-order valence-electron chi connectivity index (χ1n) is 12.2. The fraction of sp³-hybridized carbons (Fsp3) is 0.323. The van der Waals surface area contributed by atoms with E-state index in [0.717, 1.165) is 24.2 Å². The highest BCUT2D eigenvalue weighted by Crippen LogP contribution is 2.34. The van der Waals surface area contributed by atoms with E-state index in [2.05, 4.69) is 113 Å². The standard InChI is InChI=1S/C31H36N2/c1-21(2)14-28-19-27(26-17-23(5)16-24(6)18-26)20-29(15-22(3)4)30(28)33-13-12-32-31(33)25-10-8-7-9-11-25/h7-13,16-22H,14-15H2,1-6H3. The third-order valence-corrected chi connectivity index (χ3v) is 5.99. The van der Waals surface area contributed by atoms with Gasteiger partial charge in [-0.2, -0.15) is 0 Å². The molecule has 0 spiro atoms. The Hall–Kier alpha value is -3.13. The van der Waals surface area contributed by atoms with Gasteiger partial charge in [-0.1, -0.05) is 87.4 Å². The second-order valence-electron chi connectivity index (χ2n) is 10.2. The molecule has 33 heavy (non-hydrogen) atoms. The number of rotatable bonds is 7. The summed E-state index contributed by atoms with van der Waals surface area (Å²) in [5, 5.41) is 0. The van der Waals surface area contributed by atoms with E-state index in [1.165, 1.54) is 39.1 Å². The van der Waals surface area contributed by atoms with Crippen LogP contribution in [0.5, 0.6) is 0 Å². The largest absolute Gasteiger partial charge is 0.299 e. The van der Waals surface area contributed by atoms with Gasteiger partial charge < -0.3 is 0 Å². The summed E-state index contributed by atoms with van der Waals surface area (Å²) in [4.78, 5) is 4.77. The van der Waals surface area contributed by atoms with Gasteiger partial charge in [0.1, 0.15) is 5.82 Å². The van der Waals surface area contributed by atoms with Gasteiger partial charge in [-0.3, -0.25) is 4.57 Å². The lowest BCUT2D eigenvalue weighted by molar-refractivity contribution is 0.631. The molecule has 0 bridgehead atoms. The molecule has 1 heterocycles. The van der Waals surface area contributed by atoms with Crippen LogP contribution in [0.3, 0.4) is 0 Å². The third kappa shape index (κ3) is 5.27. The maximum atomic E-state index is 4.77. The predicted molar refractivity (Wildman–Crippen MR) is 141 cm³/mol. The molecule has 0 aliphatic rings. The van der Waals surface area contributed by atoms with Gasteiger partial charge in [0.2, 0.25) is 0 Å². The van der Waals surface area contributed by atoms with Crippen molar-refractivity contribution in [2.45, 2.75) is 54.4 Å². The van der Waals surface area contributed by atoms with Gasteiger partial charge in [-0.05, 0) is 72.9 Å². The Balaban J connectivity index is 1.97. The van der Waals surface area contributed by atoms with E-state index in [9.17, 15) is 0 Å². The lowest BCUT2D eigenvalue weighted by Crippen LogP contribution is -2.10. The zero-order chi connectivity index (χ0) is 23.5. The van der Waals surface area contributed by atoms with Crippen molar-refractivity contribution in [1.29, 1.82) is 0 Å². The summed E-state index contributed by atoms with van der Waals surface area (Å²) in [7, 11) is 0. The SMILES string of the molecule is Cc1cc(C)cc(-c2cc(CC(C)C)c(-n3ccnc3-c3ccccc3)c(CC(C)C)c2)c1. The Kier molecular flexibility index (Phi) is 6.83. The van der Waals surface area contributed by atoms with Gasteiger partial charge in [0.25, 0.3) is 0 Å². The van der Waals surface area contributed by atoms with Gasteiger partial charge in [0, 0.05) is 18.0 Å². The van der Waals surface area contributed by atoms with E-state index < -0.39 is 0 Å². The Morgan fingerprint density at radius 3 is 1.79 bits per heavy atom. The van der Waals surface area contributed by atoms with Crippen molar-refractivity contribution in [3.8, 4) is 28.2 Å². The van der Waals surface area contributed by atoms with Crippen LogP contribution >= 0.6 is 0 Å². The topological polar surface area (TPSA) is 17.8 Å². The van der Waals surface area contributed by atoms with E-state index in [0.29, 0.717) is 11.8 Å². The van der Waals surface area contributed by atoms with Crippen LogP contribution in [0.25, 0.3) is 28.2 Å². The maximum absolute atomic E-state index is 4.77. The van der Waals surface area contributed by atoms with E-state index in [1.54, 1.807) is 0 Å². The molecule has 1 aromatic heterocycles. The lowest BCUT2D eigenvalue weighted by Gasteiger charge is -2.22. The van der Waals surface area contributed by atoms with E-state index in [1.807, 2.05) is 6.20 Å². The van der Waals surface area contributed by atoms with Gasteiger partial charge in [0.05, 0.1) is 5.69 Å². The highest BCUT2D eigenvalue weighted by Gasteiger charge is 2.19. The van der Waals surface area contributed by atoms with Crippen LogP contribution in [0.2, 0.25) is 0 Å². The van der Waals surface area contributed by atoms with Crippen LogP contribution in [-0.2, 0) is 12.8 Å². The molecule has 0 saturated carbocycles. The van der Waals surface area contributed by atoms with Crippen LogP contribution < -0.4 is 0 Å². The zero-order valence-electron chi connectivity index (χ0n) is 20.9. The van der Waals surface area contributed by atoms with Crippen LogP contribution in [0, 0.1) is 25.7 Å². The highest BCUT2D eigenvalue weighted by molar-refractivity contribution is 5.71. The molecule has 0 aliphatic carbocycles. The van der Waals surface area contributed by atoms with E-state index in [4.69, 9.17) is 4.98 Å². The number of nitrogens with zero attached hydrogens (tertiary/aromatic N) is 2. The first-order valence-corrected chi connectivity index (χ1v) is 12.2. The van der Waals surface area contributed by atoms with Gasteiger partial charge in [-0.25, -0.2) is 4.98 Å². The van der Waals surface area contributed by atoms with Crippen molar-refractivity contribution in [3.63, 3.8) is 0 Å². The second kappa shape index (κ2) is 9.79. The van der Waals surface area contributed by atoms with Crippen molar-refractivity contribution < 1.29 is 0 Å². The predicted octanol–water partition coefficient (Wildman–Crippen LogP) is 8.22. The Bertz CT molecular complexity index is 1180. The Morgan fingerprint density at radius 2 is 1.24 bits per heavy atom. The number of imidazole rings is 1. The third-order valence-electron chi connectivity index (χ3n) is 5.99. The fourth-order valence-electron chi connectivity index (χ4n) is 4.85. The smallest absolute Gasteiger partial charge is 0.144 e. The summed E-state index contributed by atoms with van der Waals surface area (Å²) in [6, 6.07) is 22.2. The molecule has 170 valence electrons. The molecule has 0 radical (unpaired) electrons. The number of hydrogen-bond acceptors (Lipinski definition) is 1. The molecule has 0 fully saturated rings. The molecule has 0 atom stereocenters. The minimum absolute atomic E-state index is 0.564. The highest BCUT2D eigenvalue weighted by atomic mass is 15.1. The van der Waals surface area contributed by atoms with Crippen LogP contribution in [-0.4, -0.2) is 9.55 Å². The molecule has 0 unspecified atom stereocenters. The molecule has 0 aliphatic heterocycles. The van der Waals surface area contributed by atoms with Gasteiger partial charge in [-0.15, -0.1) is 0 Å². The van der Waals surface area contributed by atoms with Crippen molar-refractivity contribution in [3.05, 3.63) is 95.3 Å². The Morgan fingerprint density at radius 1 is 0.697 bits per heavy atom. The summed E-state index contributed by atoms with van der Waals surface area (Å²) >= 11 is 0. The maximum Gasteiger partial charge on any atom is 0.144 e. The molecular weight excluding hydrogens is 400 g/mol. The first kappa shape index (κ1) is 23.0. The molecular formula is C31H36N2. The summed E-state index contributed by atoms with van der Waals surface area (Å²) in [5.41, 5.74) is 10.5. The second-order valence-corrected chi connectivity index (χ2v) is 10.2. The average Bonchev–Trinajstić information content (AvgIpc) is 3.22. The quantitative estimate of drug-likeness (QED) is 0.285. The molecule has 3 aromatic carbocycles. The lowest BCUT2D eigenvalue weighted by atomic mass is 9.89. The summed E-state index contributed by atoms with van der Waals surface area (Å²) in [6.45, 7) is 13.6. The van der Waals surface area contributed by atoms with Crippen LogP contribution in [0.15, 0.2) is 73.1 Å². The van der Waals surface area contributed by atoms with Gasteiger partial charge in [0.15, 0.2) is 0 Å². The molecule has 0 N–H and O–H groups in total. The van der Waals surface area contributed by atoms with Crippen molar-refractivity contribution in [2.75, 3.05) is 0 Å². The average molecular weight is 437 g/mol. The summed E-state index contributed by atoms with van der Waals surface area (Å²) < 4.78 is 2.32. The van der Waals surface area contributed by atoms with Crippen molar-refractivity contribution >= 4 is 0 Å². The molecule has 2 heteroatoms. The summed E-state index contributed by atoms with van der Waals surface area (Å²) in [6.07, 6.45) is 6.12. The summed E-state index contributed by atoms with van der Waals surface area (Å²) in [5.74, 6) is 2.13. The zero-order valence-corrected chi connectivity index (χ0v) is 20.9. The van der Waals surface area contributed by atoms with Crippen molar-refractivity contribution in [2.24, 2.45) is 11.8 Å². The van der Waals surface area contributed by atoms with Crippen LogP contribution in [0.1, 0.15) is 49.9 Å². The number of hydrogen-bond donors (Lipinski definition) is 0. The van der Waals surface area contributed by atoms with E-state index >= 15 is 0 Å². The number of benzene rings is 3.